The Hall–Kier alpha value is -1.29. The van der Waals surface area contributed by atoms with Gasteiger partial charge < -0.3 is 14.1 Å². The second-order valence-electron chi connectivity index (χ2n) is 5.03. The molecule has 0 bridgehead atoms. The SMILES string of the molecule is C[C@@H]1C[C@H]2CCN(C(=O)c3ccoc3)C[C@@H]2O1. The lowest BCUT2D eigenvalue weighted by Gasteiger charge is -2.33. The van der Waals surface area contributed by atoms with Crippen molar-refractivity contribution in [3.8, 4) is 0 Å². The molecule has 0 spiro atoms. The minimum absolute atomic E-state index is 0.0559. The van der Waals surface area contributed by atoms with Crippen LogP contribution in [0.1, 0.15) is 30.1 Å². The van der Waals surface area contributed by atoms with Crippen molar-refractivity contribution < 1.29 is 13.9 Å². The van der Waals surface area contributed by atoms with Crippen molar-refractivity contribution in [1.29, 1.82) is 0 Å². The zero-order valence-electron chi connectivity index (χ0n) is 9.96. The summed E-state index contributed by atoms with van der Waals surface area (Å²) in [6, 6.07) is 1.71. The van der Waals surface area contributed by atoms with Crippen LogP contribution in [0.15, 0.2) is 23.0 Å². The lowest BCUT2D eigenvalue weighted by molar-refractivity contribution is 0.00154. The minimum atomic E-state index is 0.0559. The number of piperidine rings is 1. The third-order valence-electron chi connectivity index (χ3n) is 3.79. The van der Waals surface area contributed by atoms with Gasteiger partial charge in [0.15, 0.2) is 0 Å². The van der Waals surface area contributed by atoms with Gasteiger partial charge in [-0.15, -0.1) is 0 Å². The van der Waals surface area contributed by atoms with Crippen molar-refractivity contribution in [3.05, 3.63) is 24.2 Å². The number of hydrogen-bond acceptors (Lipinski definition) is 3. The van der Waals surface area contributed by atoms with Gasteiger partial charge in [0.1, 0.15) is 6.26 Å². The van der Waals surface area contributed by atoms with E-state index >= 15 is 0 Å². The van der Waals surface area contributed by atoms with Crippen molar-refractivity contribution in [2.24, 2.45) is 5.92 Å². The molecule has 3 heterocycles. The second-order valence-corrected chi connectivity index (χ2v) is 5.03. The molecule has 3 atom stereocenters. The summed E-state index contributed by atoms with van der Waals surface area (Å²) in [4.78, 5) is 14.0. The average Bonchev–Trinajstić information content (AvgIpc) is 2.94. The molecule has 2 saturated heterocycles. The Balaban J connectivity index is 1.69. The summed E-state index contributed by atoms with van der Waals surface area (Å²) in [6.45, 7) is 3.67. The van der Waals surface area contributed by atoms with E-state index in [4.69, 9.17) is 9.15 Å². The molecule has 17 heavy (non-hydrogen) atoms. The molecule has 1 aromatic rings. The molecular formula is C13H17NO3. The number of fused-ring (bicyclic) bond motifs is 1. The standard InChI is InChI=1S/C13H17NO3/c1-9-6-10-2-4-14(7-12(10)17-9)13(15)11-3-5-16-8-11/h3,5,8-10,12H,2,4,6-7H2,1H3/t9-,10-,12+/m1/s1. The van der Waals surface area contributed by atoms with E-state index in [1.807, 2.05) is 4.90 Å². The molecule has 0 aromatic carbocycles. The molecule has 2 fully saturated rings. The van der Waals surface area contributed by atoms with Crippen LogP contribution in [0.2, 0.25) is 0 Å². The number of hydrogen-bond donors (Lipinski definition) is 0. The van der Waals surface area contributed by atoms with Gasteiger partial charge in [0.05, 0.1) is 24.0 Å². The molecule has 92 valence electrons. The number of nitrogens with zero attached hydrogens (tertiary/aromatic N) is 1. The number of rotatable bonds is 1. The first-order valence-corrected chi connectivity index (χ1v) is 6.21. The first kappa shape index (κ1) is 10.8. The van der Waals surface area contributed by atoms with Gasteiger partial charge in [-0.1, -0.05) is 0 Å². The topological polar surface area (TPSA) is 42.7 Å². The minimum Gasteiger partial charge on any atom is -0.472 e. The Morgan fingerprint density at radius 3 is 3.18 bits per heavy atom. The van der Waals surface area contributed by atoms with Crippen LogP contribution in [0.3, 0.4) is 0 Å². The molecule has 0 N–H and O–H groups in total. The van der Waals surface area contributed by atoms with Crippen LogP contribution in [0.25, 0.3) is 0 Å². The molecule has 4 heteroatoms. The van der Waals surface area contributed by atoms with Crippen LogP contribution in [0, 0.1) is 5.92 Å². The summed E-state index contributed by atoms with van der Waals surface area (Å²) in [5.41, 5.74) is 0.634. The second kappa shape index (κ2) is 4.18. The number of ether oxygens (including phenoxy) is 1. The van der Waals surface area contributed by atoms with E-state index in [0.29, 0.717) is 17.6 Å². The molecule has 1 amide bonds. The molecule has 0 unspecified atom stereocenters. The van der Waals surface area contributed by atoms with E-state index in [0.717, 1.165) is 25.9 Å². The fraction of sp³-hybridized carbons (Fsp3) is 0.615. The van der Waals surface area contributed by atoms with E-state index in [9.17, 15) is 4.79 Å². The highest BCUT2D eigenvalue weighted by Crippen LogP contribution is 2.33. The van der Waals surface area contributed by atoms with Crippen LogP contribution >= 0.6 is 0 Å². The number of carbonyl (C=O) groups excluding carboxylic acids is 1. The smallest absolute Gasteiger partial charge is 0.257 e. The van der Waals surface area contributed by atoms with Crippen molar-refractivity contribution in [2.45, 2.75) is 32.0 Å². The Bertz CT molecular complexity index is 401. The van der Waals surface area contributed by atoms with Crippen molar-refractivity contribution >= 4 is 5.91 Å². The first-order valence-electron chi connectivity index (χ1n) is 6.21. The predicted octanol–water partition coefficient (Wildman–Crippen LogP) is 1.92. The molecule has 4 nitrogen and oxygen atoms in total. The summed E-state index contributed by atoms with van der Waals surface area (Å²) >= 11 is 0. The van der Waals surface area contributed by atoms with Gasteiger partial charge in [0.2, 0.25) is 0 Å². The largest absolute Gasteiger partial charge is 0.472 e. The zero-order valence-corrected chi connectivity index (χ0v) is 9.96. The van der Waals surface area contributed by atoms with Crippen LogP contribution in [0.5, 0.6) is 0 Å². The Kier molecular flexibility index (Phi) is 2.67. The number of furan rings is 1. The molecule has 0 saturated carbocycles. The van der Waals surface area contributed by atoms with Gasteiger partial charge in [0, 0.05) is 13.1 Å². The molecule has 3 rings (SSSR count). The quantitative estimate of drug-likeness (QED) is 0.747. The summed E-state index contributed by atoms with van der Waals surface area (Å²) in [5, 5.41) is 0. The van der Waals surface area contributed by atoms with E-state index in [1.54, 1.807) is 6.07 Å². The van der Waals surface area contributed by atoms with Gasteiger partial charge in [-0.25, -0.2) is 0 Å². The Morgan fingerprint density at radius 1 is 1.53 bits per heavy atom. The van der Waals surface area contributed by atoms with Crippen LogP contribution < -0.4 is 0 Å². The molecule has 1 aromatic heterocycles. The zero-order chi connectivity index (χ0) is 11.8. The van der Waals surface area contributed by atoms with Crippen LogP contribution in [-0.2, 0) is 4.74 Å². The third kappa shape index (κ3) is 1.97. The first-order chi connectivity index (χ1) is 8.24. The highest BCUT2D eigenvalue weighted by molar-refractivity contribution is 5.93. The third-order valence-corrected chi connectivity index (χ3v) is 3.79. The molecule has 2 aliphatic heterocycles. The fourth-order valence-corrected chi connectivity index (χ4v) is 2.92. The maximum atomic E-state index is 12.1. The predicted molar refractivity (Wildman–Crippen MR) is 61.7 cm³/mol. The summed E-state index contributed by atoms with van der Waals surface area (Å²) in [5.74, 6) is 0.693. The normalized spacial score (nSPS) is 32.5. The Morgan fingerprint density at radius 2 is 2.41 bits per heavy atom. The lowest BCUT2D eigenvalue weighted by atomic mass is 9.92. The fourth-order valence-electron chi connectivity index (χ4n) is 2.92. The van der Waals surface area contributed by atoms with Crippen molar-refractivity contribution in [2.75, 3.05) is 13.1 Å². The maximum absolute atomic E-state index is 12.1. The molecule has 0 aliphatic carbocycles. The average molecular weight is 235 g/mol. The molecular weight excluding hydrogens is 218 g/mol. The lowest BCUT2D eigenvalue weighted by Crippen LogP contribution is -2.45. The number of amides is 1. The monoisotopic (exact) mass is 235 g/mol. The number of carbonyl (C=O) groups is 1. The van der Waals surface area contributed by atoms with Gasteiger partial charge >= 0.3 is 0 Å². The Labute approximate surface area is 101 Å². The maximum Gasteiger partial charge on any atom is 0.257 e. The highest BCUT2D eigenvalue weighted by atomic mass is 16.5. The van der Waals surface area contributed by atoms with E-state index < -0.39 is 0 Å². The van der Waals surface area contributed by atoms with Crippen molar-refractivity contribution in [3.63, 3.8) is 0 Å². The van der Waals surface area contributed by atoms with E-state index in [1.165, 1.54) is 12.5 Å². The summed E-state index contributed by atoms with van der Waals surface area (Å²) in [7, 11) is 0. The highest BCUT2D eigenvalue weighted by Gasteiger charge is 2.38. The summed E-state index contributed by atoms with van der Waals surface area (Å²) < 4.78 is 10.8. The molecule has 0 radical (unpaired) electrons. The van der Waals surface area contributed by atoms with Gasteiger partial charge in [-0.05, 0) is 31.7 Å². The molecule has 2 aliphatic rings. The van der Waals surface area contributed by atoms with E-state index in [2.05, 4.69) is 6.92 Å². The van der Waals surface area contributed by atoms with Gasteiger partial charge in [-0.2, -0.15) is 0 Å². The van der Waals surface area contributed by atoms with E-state index in [-0.39, 0.29) is 12.0 Å². The summed E-state index contributed by atoms with van der Waals surface area (Å²) in [6.07, 6.45) is 5.81. The van der Waals surface area contributed by atoms with Crippen LogP contribution in [0.4, 0.5) is 0 Å². The van der Waals surface area contributed by atoms with Crippen LogP contribution in [-0.4, -0.2) is 36.1 Å². The number of likely N-dealkylation sites (tertiary alicyclic amines) is 1. The van der Waals surface area contributed by atoms with Gasteiger partial charge in [-0.3, -0.25) is 4.79 Å². The van der Waals surface area contributed by atoms with Crippen molar-refractivity contribution in [1.82, 2.24) is 4.90 Å². The van der Waals surface area contributed by atoms with Gasteiger partial charge in [0.25, 0.3) is 5.91 Å².